The highest BCUT2D eigenvalue weighted by atomic mass is 127. The van der Waals surface area contributed by atoms with Crippen molar-refractivity contribution in [3.63, 3.8) is 0 Å². The number of hydrogen-bond donors (Lipinski definition) is 2. The second kappa shape index (κ2) is 13.3. The van der Waals surface area contributed by atoms with Gasteiger partial charge in [-0.3, -0.25) is 4.99 Å². The monoisotopic (exact) mass is 450 g/mol. The minimum atomic E-state index is 0. The van der Waals surface area contributed by atoms with Crippen LogP contribution < -0.4 is 15.8 Å². The fourth-order valence-electron chi connectivity index (χ4n) is 2.17. The van der Waals surface area contributed by atoms with Crippen LogP contribution in [0.5, 0.6) is 5.75 Å². The summed E-state index contributed by atoms with van der Waals surface area (Å²) in [5.41, 5.74) is 7.10. The summed E-state index contributed by atoms with van der Waals surface area (Å²) in [5, 5.41) is 3.11. The van der Waals surface area contributed by atoms with Crippen LogP contribution in [0.15, 0.2) is 29.3 Å². The maximum absolute atomic E-state index is 5.92. The molecule has 0 aliphatic heterocycles. The third-order valence-electron chi connectivity index (χ3n) is 3.53. The molecule has 0 aromatic heterocycles. The molecule has 24 heavy (non-hydrogen) atoms. The van der Waals surface area contributed by atoms with E-state index < -0.39 is 0 Å². The van der Waals surface area contributed by atoms with Gasteiger partial charge in [-0.15, -0.1) is 24.0 Å². The van der Waals surface area contributed by atoms with Gasteiger partial charge in [-0.25, -0.2) is 0 Å². The van der Waals surface area contributed by atoms with Gasteiger partial charge in [-0.05, 0) is 45.1 Å². The maximum atomic E-state index is 5.92. The summed E-state index contributed by atoms with van der Waals surface area (Å²) in [5.74, 6) is 1.33. The minimum absolute atomic E-state index is 0. The van der Waals surface area contributed by atoms with E-state index in [0.29, 0.717) is 12.5 Å². The number of benzene rings is 1. The van der Waals surface area contributed by atoms with E-state index >= 15 is 0 Å². The highest BCUT2D eigenvalue weighted by Crippen LogP contribution is 2.21. The average molecular weight is 450 g/mol. The Morgan fingerprint density at radius 1 is 1.29 bits per heavy atom. The molecule has 1 aromatic rings. The first-order chi connectivity index (χ1) is 11.1. The van der Waals surface area contributed by atoms with E-state index in [1.54, 1.807) is 7.11 Å². The van der Waals surface area contributed by atoms with Gasteiger partial charge in [0.25, 0.3) is 0 Å². The molecule has 0 saturated carbocycles. The van der Waals surface area contributed by atoms with Crippen LogP contribution in [0.3, 0.4) is 0 Å². The molecule has 0 spiro atoms. The molecule has 1 unspecified atom stereocenters. The number of nitrogens with one attached hydrogen (secondary N) is 1. The van der Waals surface area contributed by atoms with Crippen molar-refractivity contribution in [1.82, 2.24) is 10.2 Å². The summed E-state index contributed by atoms with van der Waals surface area (Å²) in [4.78, 5) is 6.58. The molecule has 7 heteroatoms. The molecule has 1 atom stereocenters. The van der Waals surface area contributed by atoms with Gasteiger partial charge in [0.05, 0.1) is 19.7 Å². The second-order valence-electron chi connectivity index (χ2n) is 5.46. The van der Waals surface area contributed by atoms with E-state index in [0.717, 1.165) is 31.9 Å². The Bertz CT molecular complexity index is 466. The van der Waals surface area contributed by atoms with Gasteiger partial charge in [0, 0.05) is 19.8 Å². The Morgan fingerprint density at radius 3 is 2.50 bits per heavy atom. The molecular formula is C17H31IN4O2. The number of halogens is 1. The number of guanidine groups is 1. The van der Waals surface area contributed by atoms with Crippen molar-refractivity contribution >= 4 is 29.9 Å². The minimum Gasteiger partial charge on any atom is -0.497 e. The lowest BCUT2D eigenvalue weighted by molar-refractivity contribution is 0.145. The number of ether oxygens (including phenoxy) is 2. The first-order valence-corrected chi connectivity index (χ1v) is 8.00. The van der Waals surface area contributed by atoms with Crippen molar-refractivity contribution in [2.24, 2.45) is 10.7 Å². The Balaban J connectivity index is 0.00000529. The van der Waals surface area contributed by atoms with E-state index in [2.05, 4.69) is 27.3 Å². The third-order valence-corrected chi connectivity index (χ3v) is 3.53. The molecule has 0 aliphatic carbocycles. The highest BCUT2D eigenvalue weighted by Gasteiger charge is 2.13. The van der Waals surface area contributed by atoms with Crippen molar-refractivity contribution in [2.75, 3.05) is 47.5 Å². The van der Waals surface area contributed by atoms with Gasteiger partial charge in [0.15, 0.2) is 5.96 Å². The highest BCUT2D eigenvalue weighted by molar-refractivity contribution is 14.0. The lowest BCUT2D eigenvalue weighted by Gasteiger charge is -2.23. The fraction of sp³-hybridized carbons (Fsp3) is 0.588. The quantitative estimate of drug-likeness (QED) is 0.248. The van der Waals surface area contributed by atoms with E-state index in [9.17, 15) is 0 Å². The largest absolute Gasteiger partial charge is 0.497 e. The van der Waals surface area contributed by atoms with Crippen LogP contribution in [0, 0.1) is 0 Å². The molecule has 3 N–H and O–H groups in total. The lowest BCUT2D eigenvalue weighted by Crippen LogP contribution is -2.34. The van der Waals surface area contributed by atoms with Crippen LogP contribution in [0.4, 0.5) is 0 Å². The number of methoxy groups -OCH3 is 1. The summed E-state index contributed by atoms with van der Waals surface area (Å²) >= 11 is 0. The molecule has 138 valence electrons. The molecule has 6 nitrogen and oxygen atoms in total. The zero-order valence-electron chi connectivity index (χ0n) is 15.1. The molecule has 0 aliphatic rings. The number of aliphatic imine (C=N–C) groups is 1. The molecule has 0 amide bonds. The molecule has 1 rings (SSSR count). The van der Waals surface area contributed by atoms with Crippen LogP contribution in [-0.2, 0) is 4.74 Å². The van der Waals surface area contributed by atoms with E-state index in [1.165, 1.54) is 5.56 Å². The molecule has 0 fully saturated rings. The number of nitrogens with zero attached hydrogens (tertiary/aromatic N) is 2. The predicted molar refractivity (Wildman–Crippen MR) is 110 cm³/mol. The Morgan fingerprint density at radius 2 is 1.96 bits per heavy atom. The van der Waals surface area contributed by atoms with E-state index in [-0.39, 0.29) is 30.0 Å². The molecule has 0 bridgehead atoms. The van der Waals surface area contributed by atoms with Gasteiger partial charge < -0.3 is 25.4 Å². The Kier molecular flexibility index (Phi) is 12.7. The standard InChI is InChI=1S/C17H30N4O2.HI/c1-5-23-12-6-11-19-17(18)20-13-16(21(2)3)14-7-9-15(22-4)10-8-14;/h7-10,16H,5-6,11-13H2,1-4H3,(H3,18,19,20);1H. The number of likely N-dealkylation sites (N-methyl/N-ethyl adjacent to an activating group) is 1. The normalized spacial score (nSPS) is 12.6. The van der Waals surface area contributed by atoms with Gasteiger partial charge in [0.1, 0.15) is 5.75 Å². The SMILES string of the molecule is CCOCCCNC(N)=NCC(c1ccc(OC)cc1)N(C)C.I. The fourth-order valence-corrected chi connectivity index (χ4v) is 2.17. The summed E-state index contributed by atoms with van der Waals surface area (Å²) in [6.45, 7) is 4.84. The summed E-state index contributed by atoms with van der Waals surface area (Å²) in [6.07, 6.45) is 0.916. The van der Waals surface area contributed by atoms with Crippen LogP contribution in [0.2, 0.25) is 0 Å². The number of hydrogen-bond acceptors (Lipinski definition) is 4. The summed E-state index contributed by atoms with van der Waals surface area (Å²) in [7, 11) is 5.74. The topological polar surface area (TPSA) is 72.1 Å². The predicted octanol–water partition coefficient (Wildman–Crippen LogP) is 2.25. The Labute approximate surface area is 162 Å². The second-order valence-corrected chi connectivity index (χ2v) is 5.46. The van der Waals surface area contributed by atoms with Crippen LogP contribution >= 0.6 is 24.0 Å². The molecular weight excluding hydrogens is 419 g/mol. The van der Waals surface area contributed by atoms with Crippen molar-refractivity contribution in [2.45, 2.75) is 19.4 Å². The lowest BCUT2D eigenvalue weighted by atomic mass is 10.1. The van der Waals surface area contributed by atoms with Gasteiger partial charge in [0.2, 0.25) is 0 Å². The number of nitrogens with two attached hydrogens (primary N) is 1. The van der Waals surface area contributed by atoms with E-state index in [4.69, 9.17) is 15.2 Å². The van der Waals surface area contributed by atoms with Crippen LogP contribution in [0.1, 0.15) is 24.9 Å². The maximum Gasteiger partial charge on any atom is 0.188 e. The molecule has 0 heterocycles. The zero-order chi connectivity index (χ0) is 17.1. The van der Waals surface area contributed by atoms with Crippen molar-refractivity contribution < 1.29 is 9.47 Å². The van der Waals surface area contributed by atoms with Gasteiger partial charge in [-0.2, -0.15) is 0 Å². The first-order valence-electron chi connectivity index (χ1n) is 8.00. The van der Waals surface area contributed by atoms with Crippen LogP contribution in [-0.4, -0.2) is 58.4 Å². The molecule has 0 radical (unpaired) electrons. The number of rotatable bonds is 10. The average Bonchev–Trinajstić information content (AvgIpc) is 2.55. The summed E-state index contributed by atoms with van der Waals surface area (Å²) in [6, 6.07) is 8.22. The van der Waals surface area contributed by atoms with Gasteiger partial charge in [-0.1, -0.05) is 12.1 Å². The van der Waals surface area contributed by atoms with Crippen molar-refractivity contribution in [3.8, 4) is 5.75 Å². The van der Waals surface area contributed by atoms with Gasteiger partial charge >= 0.3 is 0 Å². The van der Waals surface area contributed by atoms with Crippen molar-refractivity contribution in [1.29, 1.82) is 0 Å². The van der Waals surface area contributed by atoms with Crippen LogP contribution in [0.25, 0.3) is 0 Å². The third kappa shape index (κ3) is 8.70. The summed E-state index contributed by atoms with van der Waals surface area (Å²) < 4.78 is 10.5. The zero-order valence-corrected chi connectivity index (χ0v) is 17.4. The Hall–Kier alpha value is -1.06. The van der Waals surface area contributed by atoms with Crippen molar-refractivity contribution in [3.05, 3.63) is 29.8 Å². The van der Waals surface area contributed by atoms with E-state index in [1.807, 2.05) is 33.2 Å². The molecule has 1 aromatic carbocycles. The first kappa shape index (κ1) is 22.9. The molecule has 0 saturated heterocycles. The smallest absolute Gasteiger partial charge is 0.188 e.